The maximum absolute atomic E-state index is 13.0. The fraction of sp³-hybridized carbons (Fsp3) is 0.476. The van der Waals surface area contributed by atoms with Gasteiger partial charge in [0.25, 0.3) is 0 Å². The monoisotopic (exact) mass is 381 g/mol. The number of rotatable bonds is 4. The predicted molar refractivity (Wildman–Crippen MR) is 105 cm³/mol. The first kappa shape index (κ1) is 18.5. The molecule has 4 rings (SSSR count). The standard InChI is InChI=1S/C21H27N5O2/c27-20(22-12-15-7-3-1-4-8-15)19-11-17-18(24-14-23-17)13-26(19)21(28)25-16-9-5-2-6-10-16/h1,3-4,7-8,14,16,19H,2,5-6,9-13H2,(H,22,27)(H,23,24)(H,25,28). The summed E-state index contributed by atoms with van der Waals surface area (Å²) < 4.78 is 0. The molecule has 2 aliphatic rings. The third kappa shape index (κ3) is 4.18. The number of H-pyrrole nitrogens is 1. The highest BCUT2D eigenvalue weighted by Gasteiger charge is 2.36. The maximum atomic E-state index is 13.0. The van der Waals surface area contributed by atoms with E-state index >= 15 is 0 Å². The number of urea groups is 1. The van der Waals surface area contributed by atoms with Gasteiger partial charge in [0, 0.05) is 19.0 Å². The summed E-state index contributed by atoms with van der Waals surface area (Å²) in [7, 11) is 0. The minimum atomic E-state index is -0.553. The number of hydrogen-bond acceptors (Lipinski definition) is 3. The molecule has 148 valence electrons. The molecule has 2 aromatic rings. The van der Waals surface area contributed by atoms with Crippen molar-refractivity contribution in [1.29, 1.82) is 0 Å². The van der Waals surface area contributed by atoms with E-state index in [4.69, 9.17) is 0 Å². The molecule has 0 radical (unpaired) electrons. The van der Waals surface area contributed by atoms with E-state index < -0.39 is 6.04 Å². The van der Waals surface area contributed by atoms with Crippen LogP contribution in [0.15, 0.2) is 36.7 Å². The normalized spacial score (nSPS) is 19.7. The van der Waals surface area contributed by atoms with Crippen LogP contribution in [-0.2, 0) is 24.3 Å². The minimum Gasteiger partial charge on any atom is -0.350 e. The second-order valence-electron chi connectivity index (χ2n) is 7.66. The molecule has 1 unspecified atom stereocenters. The van der Waals surface area contributed by atoms with Crippen molar-refractivity contribution in [3.8, 4) is 0 Å². The Morgan fingerprint density at radius 1 is 1.14 bits per heavy atom. The van der Waals surface area contributed by atoms with Gasteiger partial charge in [0.2, 0.25) is 5.91 Å². The molecule has 3 N–H and O–H groups in total. The highest BCUT2D eigenvalue weighted by molar-refractivity contribution is 5.87. The first-order chi connectivity index (χ1) is 13.7. The predicted octanol–water partition coefficient (Wildman–Crippen LogP) is 2.50. The molecule has 1 aliphatic carbocycles. The Kier molecular flexibility index (Phi) is 5.60. The molecule has 7 heteroatoms. The molecule has 1 atom stereocenters. The third-order valence-corrected chi connectivity index (χ3v) is 5.70. The van der Waals surface area contributed by atoms with Gasteiger partial charge in [0.1, 0.15) is 6.04 Å². The number of nitrogens with zero attached hydrogens (tertiary/aromatic N) is 2. The van der Waals surface area contributed by atoms with Crippen LogP contribution in [0.25, 0.3) is 0 Å². The molecule has 1 fully saturated rings. The van der Waals surface area contributed by atoms with Gasteiger partial charge in [0.15, 0.2) is 0 Å². The van der Waals surface area contributed by atoms with Gasteiger partial charge in [-0.2, -0.15) is 0 Å². The van der Waals surface area contributed by atoms with Crippen LogP contribution in [0.5, 0.6) is 0 Å². The van der Waals surface area contributed by atoms with E-state index in [0.29, 0.717) is 19.5 Å². The number of fused-ring (bicyclic) bond motifs is 1. The van der Waals surface area contributed by atoms with Crippen LogP contribution in [0.3, 0.4) is 0 Å². The molecule has 7 nitrogen and oxygen atoms in total. The summed E-state index contributed by atoms with van der Waals surface area (Å²) in [4.78, 5) is 35.0. The highest BCUT2D eigenvalue weighted by atomic mass is 16.2. The van der Waals surface area contributed by atoms with Crippen molar-refractivity contribution in [2.75, 3.05) is 0 Å². The number of aromatic amines is 1. The average Bonchev–Trinajstić information content (AvgIpc) is 3.20. The second kappa shape index (κ2) is 8.46. The Bertz CT molecular complexity index is 813. The summed E-state index contributed by atoms with van der Waals surface area (Å²) in [6.45, 7) is 0.818. The zero-order valence-electron chi connectivity index (χ0n) is 16.0. The molecule has 0 saturated heterocycles. The van der Waals surface area contributed by atoms with E-state index in [0.717, 1.165) is 42.6 Å². The first-order valence-corrected chi connectivity index (χ1v) is 10.1. The van der Waals surface area contributed by atoms with Gasteiger partial charge < -0.3 is 20.5 Å². The number of amides is 3. The van der Waals surface area contributed by atoms with Crippen molar-refractivity contribution in [2.45, 2.75) is 63.7 Å². The molecular weight excluding hydrogens is 354 g/mol. The van der Waals surface area contributed by atoms with Gasteiger partial charge in [-0.1, -0.05) is 49.6 Å². The second-order valence-corrected chi connectivity index (χ2v) is 7.66. The Morgan fingerprint density at radius 3 is 2.71 bits per heavy atom. The molecule has 0 bridgehead atoms. The summed E-state index contributed by atoms with van der Waals surface area (Å²) in [6.07, 6.45) is 7.62. The van der Waals surface area contributed by atoms with Crippen molar-refractivity contribution in [3.05, 3.63) is 53.6 Å². The van der Waals surface area contributed by atoms with E-state index in [9.17, 15) is 9.59 Å². The quantitative estimate of drug-likeness (QED) is 0.760. The lowest BCUT2D eigenvalue weighted by Crippen LogP contribution is -2.56. The lowest BCUT2D eigenvalue weighted by molar-refractivity contribution is -0.126. The lowest BCUT2D eigenvalue weighted by atomic mass is 9.95. The number of imidazole rings is 1. The topological polar surface area (TPSA) is 90.1 Å². The molecule has 28 heavy (non-hydrogen) atoms. The zero-order valence-corrected chi connectivity index (χ0v) is 16.0. The summed E-state index contributed by atoms with van der Waals surface area (Å²) in [5.74, 6) is -0.142. The van der Waals surface area contributed by atoms with E-state index in [1.165, 1.54) is 6.42 Å². The summed E-state index contributed by atoms with van der Waals surface area (Å²) >= 11 is 0. The van der Waals surface area contributed by atoms with Crippen LogP contribution in [0.4, 0.5) is 4.79 Å². The van der Waals surface area contributed by atoms with Crippen molar-refractivity contribution >= 4 is 11.9 Å². The molecule has 1 aliphatic heterocycles. The number of hydrogen-bond donors (Lipinski definition) is 3. The van der Waals surface area contributed by atoms with Crippen molar-refractivity contribution in [1.82, 2.24) is 25.5 Å². The number of benzene rings is 1. The molecule has 1 aromatic heterocycles. The highest BCUT2D eigenvalue weighted by Crippen LogP contribution is 2.23. The van der Waals surface area contributed by atoms with Gasteiger partial charge in [-0.25, -0.2) is 9.78 Å². The van der Waals surface area contributed by atoms with Crippen molar-refractivity contribution in [3.63, 3.8) is 0 Å². The van der Waals surface area contributed by atoms with E-state index in [1.807, 2.05) is 30.3 Å². The van der Waals surface area contributed by atoms with Crippen LogP contribution in [-0.4, -0.2) is 38.9 Å². The summed E-state index contributed by atoms with van der Waals surface area (Å²) in [6, 6.07) is 9.28. The van der Waals surface area contributed by atoms with Gasteiger partial charge in [-0.3, -0.25) is 4.79 Å². The van der Waals surface area contributed by atoms with E-state index in [-0.39, 0.29) is 18.0 Å². The number of carbonyl (C=O) groups excluding carboxylic acids is 2. The first-order valence-electron chi connectivity index (χ1n) is 10.1. The van der Waals surface area contributed by atoms with Crippen LogP contribution in [0.1, 0.15) is 49.1 Å². The Balaban J connectivity index is 1.45. The van der Waals surface area contributed by atoms with Crippen LogP contribution in [0.2, 0.25) is 0 Å². The SMILES string of the molecule is O=C(NCc1ccccc1)C1Cc2nc[nH]c2CN1C(=O)NC1CCCCC1. The minimum absolute atomic E-state index is 0.142. The van der Waals surface area contributed by atoms with E-state index in [1.54, 1.807) is 11.2 Å². The molecule has 1 aromatic carbocycles. The molecular formula is C21H27N5O2. The largest absolute Gasteiger partial charge is 0.350 e. The number of nitrogens with one attached hydrogen (secondary N) is 3. The smallest absolute Gasteiger partial charge is 0.318 e. The maximum Gasteiger partial charge on any atom is 0.318 e. The molecule has 0 spiro atoms. The number of carbonyl (C=O) groups is 2. The summed E-state index contributed by atoms with van der Waals surface area (Å²) in [5.41, 5.74) is 2.80. The van der Waals surface area contributed by atoms with Gasteiger partial charge in [0.05, 0.1) is 24.3 Å². The summed E-state index contributed by atoms with van der Waals surface area (Å²) in [5, 5.41) is 6.12. The van der Waals surface area contributed by atoms with Gasteiger partial charge >= 0.3 is 6.03 Å². The Morgan fingerprint density at radius 2 is 1.93 bits per heavy atom. The van der Waals surface area contributed by atoms with E-state index in [2.05, 4.69) is 20.6 Å². The molecule has 2 heterocycles. The fourth-order valence-corrected chi connectivity index (χ4v) is 4.09. The zero-order chi connectivity index (χ0) is 19.3. The molecule has 3 amide bonds. The van der Waals surface area contributed by atoms with Crippen LogP contribution in [0, 0.1) is 0 Å². The van der Waals surface area contributed by atoms with Crippen LogP contribution < -0.4 is 10.6 Å². The van der Waals surface area contributed by atoms with Gasteiger partial charge in [-0.05, 0) is 18.4 Å². The fourth-order valence-electron chi connectivity index (χ4n) is 4.09. The third-order valence-electron chi connectivity index (χ3n) is 5.70. The lowest BCUT2D eigenvalue weighted by Gasteiger charge is -2.35. The Hall–Kier alpha value is -2.83. The Labute approximate surface area is 164 Å². The van der Waals surface area contributed by atoms with Gasteiger partial charge in [-0.15, -0.1) is 0 Å². The van der Waals surface area contributed by atoms with Crippen molar-refractivity contribution in [2.24, 2.45) is 0 Å². The molecule has 1 saturated carbocycles. The van der Waals surface area contributed by atoms with Crippen molar-refractivity contribution < 1.29 is 9.59 Å². The number of aromatic nitrogens is 2. The average molecular weight is 381 g/mol. The van der Waals surface area contributed by atoms with Crippen LogP contribution >= 0.6 is 0 Å².